The summed E-state index contributed by atoms with van der Waals surface area (Å²) >= 11 is 11.8. The Morgan fingerprint density at radius 3 is 1.92 bits per heavy atom. The molecular formula is C17H17Cl2NO4. The van der Waals surface area contributed by atoms with Crippen LogP contribution in [0.3, 0.4) is 0 Å². The number of methoxy groups -OCH3 is 3. The molecule has 0 saturated carbocycles. The van der Waals surface area contributed by atoms with E-state index in [1.165, 1.54) is 21.3 Å². The zero-order valence-electron chi connectivity index (χ0n) is 13.5. The van der Waals surface area contributed by atoms with Gasteiger partial charge >= 0.3 is 0 Å². The lowest BCUT2D eigenvalue weighted by atomic mass is 10.1. The Labute approximate surface area is 150 Å². The first kappa shape index (κ1) is 18.2. The lowest BCUT2D eigenvalue weighted by Gasteiger charge is -2.14. The molecule has 0 aliphatic heterocycles. The summed E-state index contributed by atoms with van der Waals surface area (Å²) in [7, 11) is 4.60. The van der Waals surface area contributed by atoms with Crippen LogP contribution in [-0.4, -0.2) is 27.2 Å². The van der Waals surface area contributed by atoms with Crippen LogP contribution in [-0.2, 0) is 6.54 Å². The van der Waals surface area contributed by atoms with E-state index in [2.05, 4.69) is 5.32 Å². The molecule has 5 nitrogen and oxygen atoms in total. The maximum Gasteiger partial charge on any atom is 0.251 e. The molecule has 24 heavy (non-hydrogen) atoms. The van der Waals surface area contributed by atoms with Gasteiger partial charge in [-0.15, -0.1) is 0 Å². The van der Waals surface area contributed by atoms with Crippen molar-refractivity contribution in [3.05, 3.63) is 51.5 Å². The predicted molar refractivity (Wildman–Crippen MR) is 93.7 cm³/mol. The van der Waals surface area contributed by atoms with Gasteiger partial charge in [-0.05, 0) is 35.9 Å². The molecule has 0 spiro atoms. The number of carbonyl (C=O) groups is 1. The molecule has 0 saturated heterocycles. The third-order valence-electron chi connectivity index (χ3n) is 3.30. The highest BCUT2D eigenvalue weighted by atomic mass is 35.5. The van der Waals surface area contributed by atoms with E-state index in [9.17, 15) is 4.79 Å². The Kier molecular flexibility index (Phi) is 6.17. The highest BCUT2D eigenvalue weighted by Gasteiger charge is 2.14. The zero-order valence-corrected chi connectivity index (χ0v) is 15.0. The van der Waals surface area contributed by atoms with Gasteiger partial charge in [0.25, 0.3) is 5.91 Å². The van der Waals surface area contributed by atoms with Crippen molar-refractivity contribution in [1.82, 2.24) is 5.32 Å². The van der Waals surface area contributed by atoms with Crippen LogP contribution in [0.4, 0.5) is 0 Å². The zero-order chi connectivity index (χ0) is 17.7. The first-order valence-corrected chi connectivity index (χ1v) is 7.77. The van der Waals surface area contributed by atoms with Crippen molar-refractivity contribution < 1.29 is 19.0 Å². The van der Waals surface area contributed by atoms with Crippen LogP contribution in [0, 0.1) is 0 Å². The molecule has 2 aromatic rings. The van der Waals surface area contributed by atoms with Crippen molar-refractivity contribution in [3.8, 4) is 17.2 Å². The number of hydrogen-bond donors (Lipinski definition) is 1. The first-order chi connectivity index (χ1) is 11.5. The van der Waals surface area contributed by atoms with Crippen LogP contribution in [0.1, 0.15) is 15.9 Å². The normalized spacial score (nSPS) is 10.2. The second kappa shape index (κ2) is 8.13. The van der Waals surface area contributed by atoms with Gasteiger partial charge in [0.1, 0.15) is 0 Å². The molecule has 1 amide bonds. The maximum atomic E-state index is 12.2. The molecule has 0 atom stereocenters. The molecule has 0 aliphatic rings. The van der Waals surface area contributed by atoms with Crippen molar-refractivity contribution in [2.45, 2.75) is 6.54 Å². The van der Waals surface area contributed by atoms with Crippen molar-refractivity contribution >= 4 is 29.1 Å². The van der Waals surface area contributed by atoms with E-state index < -0.39 is 0 Å². The van der Waals surface area contributed by atoms with Crippen molar-refractivity contribution in [2.24, 2.45) is 0 Å². The Morgan fingerprint density at radius 1 is 0.917 bits per heavy atom. The van der Waals surface area contributed by atoms with Gasteiger partial charge in [-0.3, -0.25) is 4.79 Å². The molecule has 0 unspecified atom stereocenters. The predicted octanol–water partition coefficient (Wildman–Crippen LogP) is 3.95. The molecule has 2 aromatic carbocycles. The van der Waals surface area contributed by atoms with Gasteiger partial charge in [-0.2, -0.15) is 0 Å². The summed E-state index contributed by atoms with van der Waals surface area (Å²) in [5, 5.41) is 3.61. The SMILES string of the molecule is COc1cc(CNC(=O)c2cc(Cl)cc(Cl)c2)cc(OC)c1OC. The average molecular weight is 370 g/mol. The molecular weight excluding hydrogens is 353 g/mol. The molecule has 7 heteroatoms. The summed E-state index contributed by atoms with van der Waals surface area (Å²) < 4.78 is 15.8. The van der Waals surface area contributed by atoms with E-state index in [-0.39, 0.29) is 12.5 Å². The Hall–Kier alpha value is -2.11. The Bertz CT molecular complexity index is 704. The number of carbonyl (C=O) groups excluding carboxylic acids is 1. The summed E-state index contributed by atoms with van der Waals surface area (Å²) in [4.78, 5) is 12.2. The van der Waals surface area contributed by atoms with Gasteiger partial charge < -0.3 is 19.5 Å². The lowest BCUT2D eigenvalue weighted by molar-refractivity contribution is 0.0951. The molecule has 0 fully saturated rings. The fraction of sp³-hybridized carbons (Fsp3) is 0.235. The largest absolute Gasteiger partial charge is 0.493 e. The van der Waals surface area contributed by atoms with Crippen LogP contribution in [0.25, 0.3) is 0 Å². The quantitative estimate of drug-likeness (QED) is 0.837. The number of ether oxygens (including phenoxy) is 3. The topological polar surface area (TPSA) is 56.8 Å². The van der Waals surface area contributed by atoms with Gasteiger partial charge in [0, 0.05) is 22.2 Å². The third-order valence-corrected chi connectivity index (χ3v) is 3.74. The smallest absolute Gasteiger partial charge is 0.251 e. The number of halogens is 2. The first-order valence-electron chi connectivity index (χ1n) is 7.01. The summed E-state index contributed by atoms with van der Waals surface area (Å²) in [5.74, 6) is 1.25. The van der Waals surface area contributed by atoms with E-state index in [0.717, 1.165) is 5.56 Å². The summed E-state index contributed by atoms with van der Waals surface area (Å²) in [5.41, 5.74) is 1.19. The van der Waals surface area contributed by atoms with E-state index in [4.69, 9.17) is 37.4 Å². The van der Waals surface area contributed by atoms with Crippen LogP contribution in [0.2, 0.25) is 10.0 Å². The number of amides is 1. The van der Waals surface area contributed by atoms with Crippen LogP contribution < -0.4 is 19.5 Å². The number of rotatable bonds is 6. The van der Waals surface area contributed by atoms with Crippen LogP contribution in [0.5, 0.6) is 17.2 Å². The van der Waals surface area contributed by atoms with Gasteiger partial charge in [-0.25, -0.2) is 0 Å². The minimum Gasteiger partial charge on any atom is -0.493 e. The maximum absolute atomic E-state index is 12.2. The fourth-order valence-corrected chi connectivity index (χ4v) is 2.73. The summed E-state index contributed by atoms with van der Waals surface area (Å²) in [6, 6.07) is 8.22. The second-order valence-corrected chi connectivity index (χ2v) is 5.75. The fourth-order valence-electron chi connectivity index (χ4n) is 2.21. The minimum atomic E-state index is -0.284. The molecule has 0 heterocycles. The Morgan fingerprint density at radius 2 is 1.46 bits per heavy atom. The molecule has 0 aliphatic carbocycles. The van der Waals surface area contributed by atoms with E-state index in [1.54, 1.807) is 30.3 Å². The number of hydrogen-bond acceptors (Lipinski definition) is 4. The lowest BCUT2D eigenvalue weighted by Crippen LogP contribution is -2.22. The van der Waals surface area contributed by atoms with E-state index in [1.807, 2.05) is 0 Å². The standard InChI is InChI=1S/C17H17Cl2NO4/c1-22-14-4-10(5-15(23-2)16(14)24-3)9-20-17(21)11-6-12(18)8-13(19)7-11/h4-8H,9H2,1-3H3,(H,20,21). The second-order valence-electron chi connectivity index (χ2n) is 4.87. The molecule has 1 N–H and O–H groups in total. The number of benzene rings is 2. The monoisotopic (exact) mass is 369 g/mol. The molecule has 2 rings (SSSR count). The Balaban J connectivity index is 2.18. The molecule has 128 valence electrons. The molecule has 0 radical (unpaired) electrons. The summed E-state index contributed by atoms with van der Waals surface area (Å²) in [6.07, 6.45) is 0. The highest BCUT2D eigenvalue weighted by Crippen LogP contribution is 2.38. The number of nitrogens with one attached hydrogen (secondary N) is 1. The molecule has 0 bridgehead atoms. The average Bonchev–Trinajstić information content (AvgIpc) is 2.57. The minimum absolute atomic E-state index is 0.277. The highest BCUT2D eigenvalue weighted by molar-refractivity contribution is 6.35. The van der Waals surface area contributed by atoms with Crippen LogP contribution >= 0.6 is 23.2 Å². The van der Waals surface area contributed by atoms with Crippen molar-refractivity contribution in [3.63, 3.8) is 0 Å². The van der Waals surface area contributed by atoms with Gasteiger partial charge in [0.15, 0.2) is 11.5 Å². The van der Waals surface area contributed by atoms with Gasteiger partial charge in [-0.1, -0.05) is 23.2 Å². The summed E-state index contributed by atoms with van der Waals surface area (Å²) in [6.45, 7) is 0.277. The van der Waals surface area contributed by atoms with Crippen molar-refractivity contribution in [2.75, 3.05) is 21.3 Å². The molecule has 0 aromatic heterocycles. The van der Waals surface area contributed by atoms with Gasteiger partial charge in [0.2, 0.25) is 5.75 Å². The third kappa shape index (κ3) is 4.24. The van der Waals surface area contributed by atoms with E-state index in [0.29, 0.717) is 32.9 Å². The van der Waals surface area contributed by atoms with Crippen LogP contribution in [0.15, 0.2) is 30.3 Å². The van der Waals surface area contributed by atoms with Crippen molar-refractivity contribution in [1.29, 1.82) is 0 Å². The van der Waals surface area contributed by atoms with Gasteiger partial charge in [0.05, 0.1) is 21.3 Å². The van der Waals surface area contributed by atoms with E-state index >= 15 is 0 Å².